The Morgan fingerprint density at radius 2 is 1.57 bits per heavy atom. The second kappa shape index (κ2) is 5.22. The fourth-order valence-corrected chi connectivity index (χ4v) is 6.85. The van der Waals surface area contributed by atoms with Gasteiger partial charge in [0.15, 0.2) is 0 Å². The molecule has 5 rings (SSSR count). The Labute approximate surface area is 138 Å². The van der Waals surface area contributed by atoms with Crippen LogP contribution in [0.25, 0.3) is 0 Å². The third kappa shape index (κ3) is 1.96. The summed E-state index contributed by atoms with van der Waals surface area (Å²) >= 11 is 0. The van der Waals surface area contributed by atoms with Gasteiger partial charge >= 0.3 is 0 Å². The van der Waals surface area contributed by atoms with E-state index in [4.69, 9.17) is 0 Å². The van der Waals surface area contributed by atoms with Crippen LogP contribution >= 0.6 is 0 Å². The van der Waals surface area contributed by atoms with Gasteiger partial charge in [0.25, 0.3) is 0 Å². The lowest BCUT2D eigenvalue weighted by Gasteiger charge is -2.60. The van der Waals surface area contributed by atoms with Crippen molar-refractivity contribution in [2.24, 2.45) is 29.6 Å². The van der Waals surface area contributed by atoms with E-state index in [1.54, 1.807) is 0 Å². The van der Waals surface area contributed by atoms with E-state index in [0.717, 1.165) is 31.6 Å². The van der Waals surface area contributed by atoms with Gasteiger partial charge in [0.05, 0.1) is 5.92 Å². The number of hydrogen-bond acceptors (Lipinski definition) is 2. The van der Waals surface area contributed by atoms with Crippen LogP contribution in [0.15, 0.2) is 0 Å². The van der Waals surface area contributed by atoms with Gasteiger partial charge in [-0.1, -0.05) is 38.5 Å². The predicted molar refractivity (Wildman–Crippen MR) is 86.2 cm³/mol. The van der Waals surface area contributed by atoms with Crippen molar-refractivity contribution in [1.82, 2.24) is 10.2 Å². The van der Waals surface area contributed by atoms with E-state index in [1.807, 2.05) is 0 Å². The molecule has 0 spiro atoms. The molecule has 4 nitrogen and oxygen atoms in total. The normalized spacial score (nSPS) is 48.9. The Hall–Kier alpha value is -1.06. The van der Waals surface area contributed by atoms with E-state index >= 15 is 0 Å². The Morgan fingerprint density at radius 3 is 2.43 bits per heavy atom. The van der Waals surface area contributed by atoms with Crippen LogP contribution in [0.1, 0.15) is 64.2 Å². The smallest absolute Gasteiger partial charge is 0.227 e. The number of rotatable bonds is 0. The molecular formula is C19H28N2O2. The number of fused-ring (bicyclic) bond motifs is 4. The van der Waals surface area contributed by atoms with E-state index in [-0.39, 0.29) is 30.0 Å². The monoisotopic (exact) mass is 316 g/mol. The van der Waals surface area contributed by atoms with Gasteiger partial charge in [-0.2, -0.15) is 0 Å². The van der Waals surface area contributed by atoms with Gasteiger partial charge in [-0.3, -0.25) is 9.59 Å². The molecule has 0 aromatic carbocycles. The molecule has 2 amide bonds. The third-order valence-electron chi connectivity index (χ3n) is 7.70. The number of amides is 2. The maximum absolute atomic E-state index is 13.4. The zero-order valence-corrected chi connectivity index (χ0v) is 13.9. The fourth-order valence-electron chi connectivity index (χ4n) is 6.85. The van der Waals surface area contributed by atoms with E-state index < -0.39 is 0 Å². The molecule has 0 aromatic heterocycles. The lowest BCUT2D eigenvalue weighted by atomic mass is 9.57. The summed E-state index contributed by atoms with van der Waals surface area (Å²) in [4.78, 5) is 28.2. The molecule has 0 radical (unpaired) electrons. The van der Waals surface area contributed by atoms with Gasteiger partial charge in [-0.05, 0) is 37.5 Å². The van der Waals surface area contributed by atoms with Gasteiger partial charge < -0.3 is 10.2 Å². The van der Waals surface area contributed by atoms with Crippen molar-refractivity contribution in [1.29, 1.82) is 0 Å². The second-order valence-corrected chi connectivity index (χ2v) is 8.63. The average Bonchev–Trinajstić information content (AvgIpc) is 2.59. The Bertz CT molecular complexity index is 531. The predicted octanol–water partition coefficient (Wildman–Crippen LogP) is 2.68. The van der Waals surface area contributed by atoms with Crippen molar-refractivity contribution in [3.63, 3.8) is 0 Å². The van der Waals surface area contributed by atoms with Crippen molar-refractivity contribution in [3.8, 4) is 0 Å². The molecule has 7 unspecified atom stereocenters. The molecule has 5 aliphatic rings. The van der Waals surface area contributed by atoms with Crippen molar-refractivity contribution in [3.05, 3.63) is 0 Å². The van der Waals surface area contributed by atoms with Crippen molar-refractivity contribution in [2.75, 3.05) is 0 Å². The molecule has 126 valence electrons. The lowest BCUT2D eigenvalue weighted by Crippen LogP contribution is -2.73. The van der Waals surface area contributed by atoms with Gasteiger partial charge in [0.1, 0.15) is 6.17 Å². The molecule has 2 heterocycles. The number of nitrogens with zero attached hydrogens (tertiary/aromatic N) is 1. The molecule has 2 saturated heterocycles. The van der Waals surface area contributed by atoms with E-state index in [0.29, 0.717) is 17.7 Å². The summed E-state index contributed by atoms with van der Waals surface area (Å²) in [6, 6.07) is 0.193. The highest BCUT2D eigenvalue weighted by Crippen LogP contribution is 2.53. The van der Waals surface area contributed by atoms with Gasteiger partial charge in [0.2, 0.25) is 11.8 Å². The second-order valence-electron chi connectivity index (χ2n) is 8.63. The number of piperidine rings is 1. The summed E-state index contributed by atoms with van der Waals surface area (Å²) in [5.74, 6) is 2.74. The molecule has 3 saturated carbocycles. The SMILES string of the molecule is O=C1NC2C3CCCC4CCCC(C(=O)N2C2CCCCC12)C43. The molecule has 3 aliphatic carbocycles. The first-order chi connectivity index (χ1) is 11.3. The lowest BCUT2D eigenvalue weighted by molar-refractivity contribution is -0.178. The highest BCUT2D eigenvalue weighted by Gasteiger charge is 2.58. The highest BCUT2D eigenvalue weighted by atomic mass is 16.2. The maximum atomic E-state index is 13.4. The number of carbonyl (C=O) groups is 2. The highest BCUT2D eigenvalue weighted by molar-refractivity contribution is 5.87. The Balaban J connectivity index is 1.54. The number of nitrogens with one attached hydrogen (secondary N) is 1. The van der Waals surface area contributed by atoms with Crippen LogP contribution in [0.4, 0.5) is 0 Å². The number of carbonyl (C=O) groups excluding carboxylic acids is 2. The summed E-state index contributed by atoms with van der Waals surface area (Å²) in [6.07, 6.45) is 11.7. The van der Waals surface area contributed by atoms with Crippen LogP contribution in [0, 0.1) is 29.6 Å². The van der Waals surface area contributed by atoms with Crippen molar-refractivity contribution < 1.29 is 9.59 Å². The third-order valence-corrected chi connectivity index (χ3v) is 7.70. The quantitative estimate of drug-likeness (QED) is 0.747. The summed E-state index contributed by atoms with van der Waals surface area (Å²) < 4.78 is 0. The van der Waals surface area contributed by atoms with E-state index in [2.05, 4.69) is 10.2 Å². The molecule has 23 heavy (non-hydrogen) atoms. The summed E-state index contributed by atoms with van der Waals surface area (Å²) in [5.41, 5.74) is 0. The summed E-state index contributed by atoms with van der Waals surface area (Å²) in [7, 11) is 0. The molecule has 0 bridgehead atoms. The minimum atomic E-state index is 0.0106. The molecule has 4 heteroatoms. The first-order valence-electron chi connectivity index (χ1n) is 9.88. The van der Waals surface area contributed by atoms with Gasteiger partial charge in [-0.25, -0.2) is 0 Å². The van der Waals surface area contributed by atoms with Crippen LogP contribution in [-0.2, 0) is 9.59 Å². The molecule has 1 N–H and O–H groups in total. The molecule has 0 aromatic rings. The van der Waals surface area contributed by atoms with E-state index in [1.165, 1.54) is 38.5 Å². The van der Waals surface area contributed by atoms with Gasteiger partial charge in [0, 0.05) is 17.9 Å². The van der Waals surface area contributed by atoms with Crippen LogP contribution in [-0.4, -0.2) is 28.9 Å². The summed E-state index contributed by atoms with van der Waals surface area (Å²) in [5, 5.41) is 3.30. The Morgan fingerprint density at radius 1 is 0.826 bits per heavy atom. The zero-order chi connectivity index (χ0) is 15.6. The molecular weight excluding hydrogens is 288 g/mol. The standard InChI is InChI=1S/C19H28N2O2/c22-18-12-7-1-2-10-15(12)21-17(20-18)13-8-3-5-11-6-4-9-14(16(11)13)19(21)23/h11-17H,1-10H2,(H,20,22). The fraction of sp³-hybridized carbons (Fsp3) is 0.895. The largest absolute Gasteiger partial charge is 0.335 e. The van der Waals surface area contributed by atoms with Crippen molar-refractivity contribution in [2.45, 2.75) is 76.4 Å². The Kier molecular flexibility index (Phi) is 3.24. The van der Waals surface area contributed by atoms with Crippen LogP contribution < -0.4 is 5.32 Å². The molecule has 7 atom stereocenters. The van der Waals surface area contributed by atoms with E-state index in [9.17, 15) is 9.59 Å². The first kappa shape index (κ1) is 14.3. The topological polar surface area (TPSA) is 49.4 Å². The zero-order valence-electron chi connectivity index (χ0n) is 13.9. The van der Waals surface area contributed by atoms with Crippen molar-refractivity contribution >= 4 is 11.8 Å². The van der Waals surface area contributed by atoms with Gasteiger partial charge in [-0.15, -0.1) is 0 Å². The van der Waals surface area contributed by atoms with Crippen LogP contribution in [0.5, 0.6) is 0 Å². The average molecular weight is 316 g/mol. The van der Waals surface area contributed by atoms with Crippen LogP contribution in [0.3, 0.4) is 0 Å². The van der Waals surface area contributed by atoms with Crippen LogP contribution in [0.2, 0.25) is 0 Å². The molecule has 5 fully saturated rings. The maximum Gasteiger partial charge on any atom is 0.227 e. The summed E-state index contributed by atoms with van der Waals surface area (Å²) in [6.45, 7) is 0. The minimum Gasteiger partial charge on any atom is -0.335 e. The number of hydrogen-bond donors (Lipinski definition) is 1. The minimum absolute atomic E-state index is 0.0106. The molecule has 2 aliphatic heterocycles. The first-order valence-corrected chi connectivity index (χ1v) is 9.88.